The molecule has 0 aliphatic carbocycles. The van der Waals surface area contributed by atoms with Crippen molar-refractivity contribution in [3.63, 3.8) is 0 Å². The van der Waals surface area contributed by atoms with Gasteiger partial charge in [-0.05, 0) is 12.8 Å². The molecule has 0 aliphatic heterocycles. The summed E-state index contributed by atoms with van der Waals surface area (Å²) in [7, 11) is 0. The Kier molecular flexibility index (Phi) is 26.3. The maximum atomic E-state index is 10.4. The molecule has 0 amide bonds. The Balaban J connectivity index is 0. The van der Waals surface area contributed by atoms with Gasteiger partial charge in [-0.1, -0.05) is 110 Å². The first-order chi connectivity index (χ1) is 13.0. The second kappa shape index (κ2) is 24.2. The molecule has 3 nitrogen and oxygen atoms in total. The van der Waals surface area contributed by atoms with Crippen molar-refractivity contribution in [3.8, 4) is 0 Å². The Morgan fingerprint density at radius 1 is 0.667 bits per heavy atom. The van der Waals surface area contributed by atoms with Crippen LogP contribution in [0.3, 0.4) is 0 Å². The zero-order chi connectivity index (χ0) is 20.8. The van der Waals surface area contributed by atoms with E-state index in [0.717, 1.165) is 25.7 Å². The average molecular weight is 423 g/mol. The first kappa shape index (κ1) is 29.3. The van der Waals surface area contributed by atoms with E-state index in [1.54, 1.807) is 0 Å². The van der Waals surface area contributed by atoms with Crippen LogP contribution in [0.15, 0.2) is 0 Å². The molecule has 0 aromatic heterocycles. The standard InChI is InChI=1S/C11H22O2S.C11H24OS/c1-2-3-4-5-6-7-8-9-10(14)11(12)13;1-2-3-4-5-6-7-8-9-10-11(12)13/h10,14H,2-9H2,1H3,(H,12,13);11-13H,2-10H2,1H3. The largest absolute Gasteiger partial charge is 0.480 e. The lowest BCUT2D eigenvalue weighted by Crippen LogP contribution is -2.12. The van der Waals surface area contributed by atoms with Crippen molar-refractivity contribution in [1.29, 1.82) is 0 Å². The smallest absolute Gasteiger partial charge is 0.316 e. The van der Waals surface area contributed by atoms with E-state index in [-0.39, 0.29) is 0 Å². The van der Waals surface area contributed by atoms with E-state index in [1.807, 2.05) is 0 Å². The van der Waals surface area contributed by atoms with Crippen molar-refractivity contribution >= 4 is 31.2 Å². The maximum Gasteiger partial charge on any atom is 0.316 e. The Hall–Kier alpha value is 0.130. The normalized spacial score (nSPS) is 12.9. The van der Waals surface area contributed by atoms with Crippen LogP contribution in [0.4, 0.5) is 0 Å². The predicted molar refractivity (Wildman–Crippen MR) is 125 cm³/mol. The van der Waals surface area contributed by atoms with Crippen LogP contribution in [0.1, 0.15) is 123 Å². The van der Waals surface area contributed by atoms with Gasteiger partial charge in [0.05, 0.1) is 10.7 Å². The van der Waals surface area contributed by atoms with E-state index in [4.69, 9.17) is 10.2 Å². The first-order valence-electron chi connectivity index (χ1n) is 11.2. The fourth-order valence-electron chi connectivity index (χ4n) is 2.88. The van der Waals surface area contributed by atoms with Gasteiger partial charge in [0.15, 0.2) is 0 Å². The maximum absolute atomic E-state index is 10.4. The van der Waals surface area contributed by atoms with E-state index < -0.39 is 16.7 Å². The Bertz CT molecular complexity index is 299. The van der Waals surface area contributed by atoms with Gasteiger partial charge in [0.25, 0.3) is 0 Å². The van der Waals surface area contributed by atoms with Gasteiger partial charge in [-0.2, -0.15) is 12.6 Å². The topological polar surface area (TPSA) is 57.5 Å². The number of carboxylic acid groups (broad SMARTS) is 1. The predicted octanol–water partition coefficient (Wildman–Crippen LogP) is 7.28. The molecule has 5 heteroatoms. The van der Waals surface area contributed by atoms with Gasteiger partial charge >= 0.3 is 5.97 Å². The molecular formula is C22H46O3S2. The van der Waals surface area contributed by atoms with Crippen LogP contribution in [0.25, 0.3) is 0 Å². The molecule has 2 atom stereocenters. The van der Waals surface area contributed by atoms with Crippen LogP contribution in [0.5, 0.6) is 0 Å². The van der Waals surface area contributed by atoms with Crippen molar-refractivity contribution < 1.29 is 15.0 Å². The molecule has 0 saturated carbocycles. The molecular weight excluding hydrogens is 376 g/mol. The highest BCUT2D eigenvalue weighted by molar-refractivity contribution is 7.81. The van der Waals surface area contributed by atoms with Gasteiger partial charge < -0.3 is 10.2 Å². The summed E-state index contributed by atoms with van der Waals surface area (Å²) in [6, 6.07) is 0. The van der Waals surface area contributed by atoms with Crippen molar-refractivity contribution in [2.75, 3.05) is 0 Å². The fourth-order valence-corrected chi connectivity index (χ4v) is 3.24. The van der Waals surface area contributed by atoms with E-state index in [2.05, 4.69) is 39.1 Å². The van der Waals surface area contributed by atoms with Crippen molar-refractivity contribution in [3.05, 3.63) is 0 Å². The number of carboxylic acids is 1. The highest BCUT2D eigenvalue weighted by Crippen LogP contribution is 2.12. The van der Waals surface area contributed by atoms with Crippen LogP contribution in [0.2, 0.25) is 0 Å². The number of rotatable bonds is 18. The number of thiol groups is 2. The summed E-state index contributed by atoms with van der Waals surface area (Å²) >= 11 is 7.91. The summed E-state index contributed by atoms with van der Waals surface area (Å²) in [5.41, 5.74) is -0.403. The molecule has 0 spiro atoms. The first-order valence-corrected chi connectivity index (χ1v) is 12.3. The zero-order valence-electron chi connectivity index (χ0n) is 17.9. The SMILES string of the molecule is CCCCCCCCCC(S)C(=O)O.CCCCCCCCCCC(O)S. The van der Waals surface area contributed by atoms with Gasteiger partial charge in [-0.25, -0.2) is 0 Å². The molecule has 0 aromatic rings. The molecule has 0 aromatic carbocycles. The number of aliphatic carboxylic acids is 1. The summed E-state index contributed by atoms with van der Waals surface area (Å²) in [5.74, 6) is -0.792. The summed E-state index contributed by atoms with van der Waals surface area (Å²) < 4.78 is 0. The summed E-state index contributed by atoms with van der Waals surface area (Å²) in [6.45, 7) is 4.45. The molecule has 0 fully saturated rings. The highest BCUT2D eigenvalue weighted by Gasteiger charge is 2.10. The molecule has 27 heavy (non-hydrogen) atoms. The third-order valence-electron chi connectivity index (χ3n) is 4.68. The van der Waals surface area contributed by atoms with Crippen LogP contribution in [0, 0.1) is 0 Å². The molecule has 2 N–H and O–H groups in total. The molecule has 0 saturated heterocycles. The number of aliphatic hydroxyl groups is 1. The summed E-state index contributed by atoms with van der Waals surface area (Å²) in [5, 5.41) is 17.0. The molecule has 0 rings (SSSR count). The summed E-state index contributed by atoms with van der Waals surface area (Å²) in [4.78, 5) is 10.4. The van der Waals surface area contributed by atoms with Gasteiger partial charge in [0.1, 0.15) is 0 Å². The number of hydrogen-bond acceptors (Lipinski definition) is 4. The third-order valence-corrected chi connectivity index (χ3v) is 5.42. The molecule has 0 heterocycles. The van der Waals surface area contributed by atoms with E-state index in [1.165, 1.54) is 77.0 Å². The zero-order valence-corrected chi connectivity index (χ0v) is 19.7. The minimum absolute atomic E-state index is 0.403. The Morgan fingerprint density at radius 2 is 1.00 bits per heavy atom. The monoisotopic (exact) mass is 422 g/mol. The number of carbonyl (C=O) groups is 1. The van der Waals surface area contributed by atoms with Crippen molar-refractivity contribution in [1.82, 2.24) is 0 Å². The van der Waals surface area contributed by atoms with Gasteiger partial charge in [0, 0.05) is 0 Å². The van der Waals surface area contributed by atoms with Crippen LogP contribution >= 0.6 is 25.3 Å². The lowest BCUT2D eigenvalue weighted by atomic mass is 10.1. The van der Waals surface area contributed by atoms with E-state index >= 15 is 0 Å². The van der Waals surface area contributed by atoms with Crippen LogP contribution < -0.4 is 0 Å². The number of unbranched alkanes of at least 4 members (excludes halogenated alkanes) is 13. The molecule has 2 unspecified atom stereocenters. The molecule has 164 valence electrons. The molecule has 0 radical (unpaired) electrons. The van der Waals surface area contributed by atoms with E-state index in [0.29, 0.717) is 6.42 Å². The van der Waals surface area contributed by atoms with Gasteiger partial charge in [-0.3, -0.25) is 4.79 Å². The van der Waals surface area contributed by atoms with Crippen LogP contribution in [-0.4, -0.2) is 26.9 Å². The van der Waals surface area contributed by atoms with Gasteiger partial charge in [-0.15, -0.1) is 12.6 Å². The molecule has 0 aliphatic rings. The average Bonchev–Trinajstić information content (AvgIpc) is 2.63. The number of aliphatic hydroxyl groups excluding tert-OH is 1. The van der Waals surface area contributed by atoms with E-state index in [9.17, 15) is 4.79 Å². The lowest BCUT2D eigenvalue weighted by Gasteiger charge is -2.04. The fraction of sp³-hybridized carbons (Fsp3) is 0.955. The van der Waals surface area contributed by atoms with Crippen molar-refractivity contribution in [2.45, 2.75) is 134 Å². The lowest BCUT2D eigenvalue weighted by molar-refractivity contribution is -0.136. The minimum atomic E-state index is -0.792. The van der Waals surface area contributed by atoms with Crippen LogP contribution in [-0.2, 0) is 4.79 Å². The highest BCUT2D eigenvalue weighted by atomic mass is 32.1. The second-order valence-electron chi connectivity index (χ2n) is 7.51. The van der Waals surface area contributed by atoms with Crippen molar-refractivity contribution in [2.24, 2.45) is 0 Å². The second-order valence-corrected chi connectivity index (χ2v) is 8.73. The van der Waals surface area contributed by atoms with Gasteiger partial charge in [0.2, 0.25) is 0 Å². The summed E-state index contributed by atoms with van der Waals surface area (Å²) in [6.07, 6.45) is 20.7. The quantitative estimate of drug-likeness (QED) is 0.107. The Morgan fingerprint density at radius 3 is 1.33 bits per heavy atom. The third kappa shape index (κ3) is 28.4. The number of hydrogen-bond donors (Lipinski definition) is 4. The minimum Gasteiger partial charge on any atom is -0.480 e. The molecule has 0 bridgehead atoms. The Labute approximate surface area is 179 Å².